The fraction of sp³-hybridized carbons (Fsp3) is 0.318. The molecule has 0 unspecified atom stereocenters. The molecule has 3 aromatic rings. The van der Waals surface area contributed by atoms with Crippen LogP contribution in [0.1, 0.15) is 38.4 Å². The number of imidazole rings is 1. The van der Waals surface area contributed by atoms with Crippen molar-refractivity contribution in [3.05, 3.63) is 54.4 Å². The SMILES string of the molecule is CC(C)C(=O)Nc1ccc(NC(=O)Cn2c(C3CC3)nc3ccccc32)cc1. The van der Waals surface area contributed by atoms with Crippen LogP contribution in [0.3, 0.4) is 0 Å². The van der Waals surface area contributed by atoms with Crippen LogP contribution in [0.2, 0.25) is 0 Å². The van der Waals surface area contributed by atoms with E-state index in [1.54, 1.807) is 24.3 Å². The summed E-state index contributed by atoms with van der Waals surface area (Å²) < 4.78 is 2.03. The van der Waals surface area contributed by atoms with Gasteiger partial charge >= 0.3 is 0 Å². The summed E-state index contributed by atoms with van der Waals surface area (Å²) in [6, 6.07) is 15.1. The Morgan fingerprint density at radius 2 is 1.68 bits per heavy atom. The van der Waals surface area contributed by atoms with E-state index in [1.807, 2.05) is 42.7 Å². The number of amides is 2. The summed E-state index contributed by atoms with van der Waals surface area (Å²) in [7, 11) is 0. The standard InChI is InChI=1S/C22H24N4O2/c1-14(2)22(28)24-17-11-9-16(10-12-17)23-20(27)13-26-19-6-4-3-5-18(19)25-21(26)15-7-8-15/h3-6,9-12,14-15H,7-8,13H2,1-2H3,(H,23,27)(H,24,28). The Balaban J connectivity index is 1.46. The molecule has 1 aliphatic carbocycles. The number of para-hydroxylation sites is 2. The molecule has 1 aliphatic rings. The number of nitrogens with zero attached hydrogens (tertiary/aromatic N) is 2. The zero-order valence-electron chi connectivity index (χ0n) is 16.1. The smallest absolute Gasteiger partial charge is 0.244 e. The van der Waals surface area contributed by atoms with Gasteiger partial charge in [-0.15, -0.1) is 0 Å². The highest BCUT2D eigenvalue weighted by Crippen LogP contribution is 2.40. The van der Waals surface area contributed by atoms with Crippen LogP contribution in [0, 0.1) is 5.92 Å². The third-order valence-corrected chi connectivity index (χ3v) is 4.89. The van der Waals surface area contributed by atoms with E-state index in [2.05, 4.69) is 10.6 Å². The highest BCUT2D eigenvalue weighted by molar-refractivity contribution is 5.94. The third-order valence-electron chi connectivity index (χ3n) is 4.89. The predicted octanol–water partition coefficient (Wildman–Crippen LogP) is 4.15. The molecule has 0 saturated heterocycles. The Labute approximate surface area is 164 Å². The topological polar surface area (TPSA) is 76.0 Å². The van der Waals surface area contributed by atoms with Crippen LogP contribution in [0.4, 0.5) is 11.4 Å². The minimum Gasteiger partial charge on any atom is -0.326 e. The van der Waals surface area contributed by atoms with E-state index in [-0.39, 0.29) is 24.3 Å². The molecule has 144 valence electrons. The fourth-order valence-electron chi connectivity index (χ4n) is 3.18. The second kappa shape index (κ2) is 7.46. The number of nitrogens with one attached hydrogen (secondary N) is 2. The first-order valence-corrected chi connectivity index (χ1v) is 9.67. The van der Waals surface area contributed by atoms with Crippen LogP contribution in [-0.2, 0) is 16.1 Å². The van der Waals surface area contributed by atoms with Gasteiger partial charge in [0, 0.05) is 23.2 Å². The van der Waals surface area contributed by atoms with Gasteiger partial charge in [-0.3, -0.25) is 9.59 Å². The fourth-order valence-corrected chi connectivity index (χ4v) is 3.18. The van der Waals surface area contributed by atoms with Crippen LogP contribution < -0.4 is 10.6 Å². The zero-order chi connectivity index (χ0) is 19.7. The van der Waals surface area contributed by atoms with Gasteiger partial charge < -0.3 is 15.2 Å². The van der Waals surface area contributed by atoms with E-state index in [0.29, 0.717) is 17.3 Å². The van der Waals surface area contributed by atoms with Crippen LogP contribution >= 0.6 is 0 Å². The Morgan fingerprint density at radius 3 is 2.32 bits per heavy atom. The van der Waals surface area contributed by atoms with Crippen molar-refractivity contribution in [1.29, 1.82) is 0 Å². The van der Waals surface area contributed by atoms with E-state index < -0.39 is 0 Å². The van der Waals surface area contributed by atoms with Gasteiger partial charge in [0.15, 0.2) is 0 Å². The van der Waals surface area contributed by atoms with Crippen molar-refractivity contribution in [2.45, 2.75) is 39.2 Å². The lowest BCUT2D eigenvalue weighted by molar-refractivity contribution is -0.119. The number of benzene rings is 2. The van der Waals surface area contributed by atoms with Crippen LogP contribution in [-0.4, -0.2) is 21.4 Å². The van der Waals surface area contributed by atoms with Crippen molar-refractivity contribution in [3.8, 4) is 0 Å². The van der Waals surface area contributed by atoms with Crippen LogP contribution in [0.5, 0.6) is 0 Å². The molecule has 28 heavy (non-hydrogen) atoms. The zero-order valence-corrected chi connectivity index (χ0v) is 16.1. The Bertz CT molecular complexity index is 1020. The summed E-state index contributed by atoms with van der Waals surface area (Å²) in [5.74, 6) is 1.26. The molecule has 0 radical (unpaired) electrons. The molecule has 1 heterocycles. The summed E-state index contributed by atoms with van der Waals surface area (Å²) in [5, 5.41) is 5.78. The average Bonchev–Trinajstić information content (AvgIpc) is 3.46. The Hall–Kier alpha value is -3.15. The number of carbonyl (C=O) groups is 2. The van der Waals surface area contributed by atoms with E-state index in [0.717, 1.165) is 29.7 Å². The summed E-state index contributed by atoms with van der Waals surface area (Å²) in [4.78, 5) is 29.1. The molecular weight excluding hydrogens is 352 g/mol. The van der Waals surface area contributed by atoms with Gasteiger partial charge in [-0.05, 0) is 49.2 Å². The number of rotatable bonds is 6. The molecule has 1 aromatic heterocycles. The quantitative estimate of drug-likeness (QED) is 0.679. The van der Waals surface area contributed by atoms with Gasteiger partial charge in [-0.25, -0.2) is 4.98 Å². The van der Waals surface area contributed by atoms with Gasteiger partial charge in [0.25, 0.3) is 0 Å². The third kappa shape index (κ3) is 3.91. The van der Waals surface area contributed by atoms with Gasteiger partial charge in [0.05, 0.1) is 11.0 Å². The lowest BCUT2D eigenvalue weighted by Gasteiger charge is -2.11. The van der Waals surface area contributed by atoms with Crippen molar-refractivity contribution in [2.75, 3.05) is 10.6 Å². The highest BCUT2D eigenvalue weighted by Gasteiger charge is 2.30. The number of carbonyl (C=O) groups excluding carboxylic acids is 2. The number of hydrogen-bond acceptors (Lipinski definition) is 3. The molecular formula is C22H24N4O2. The summed E-state index contributed by atoms with van der Waals surface area (Å²) in [6.07, 6.45) is 2.27. The van der Waals surface area contributed by atoms with Gasteiger partial charge in [-0.1, -0.05) is 26.0 Å². The molecule has 1 saturated carbocycles. The van der Waals surface area contributed by atoms with Crippen molar-refractivity contribution < 1.29 is 9.59 Å². The molecule has 6 heteroatoms. The first-order valence-electron chi connectivity index (χ1n) is 9.67. The predicted molar refractivity (Wildman–Crippen MR) is 110 cm³/mol. The average molecular weight is 376 g/mol. The minimum atomic E-state index is -0.0935. The number of hydrogen-bond donors (Lipinski definition) is 2. The summed E-state index contributed by atoms with van der Waals surface area (Å²) in [6.45, 7) is 3.93. The highest BCUT2D eigenvalue weighted by atomic mass is 16.2. The van der Waals surface area contributed by atoms with E-state index in [1.165, 1.54) is 0 Å². The molecule has 4 rings (SSSR count). The van der Waals surface area contributed by atoms with E-state index in [4.69, 9.17) is 4.98 Å². The number of anilines is 2. The molecule has 2 aromatic carbocycles. The normalized spacial score (nSPS) is 13.7. The molecule has 0 aliphatic heterocycles. The summed E-state index contributed by atoms with van der Waals surface area (Å²) >= 11 is 0. The maximum atomic E-state index is 12.6. The molecule has 2 amide bonds. The molecule has 0 spiro atoms. The van der Waals surface area contributed by atoms with Crippen LogP contribution in [0.15, 0.2) is 48.5 Å². The van der Waals surface area contributed by atoms with E-state index >= 15 is 0 Å². The number of aromatic nitrogens is 2. The molecule has 2 N–H and O–H groups in total. The Kier molecular flexibility index (Phi) is 4.86. The number of fused-ring (bicyclic) bond motifs is 1. The largest absolute Gasteiger partial charge is 0.326 e. The first kappa shape index (κ1) is 18.2. The second-order valence-corrected chi connectivity index (χ2v) is 7.59. The maximum absolute atomic E-state index is 12.6. The van der Waals surface area contributed by atoms with E-state index in [9.17, 15) is 9.59 Å². The molecule has 6 nitrogen and oxygen atoms in total. The first-order chi connectivity index (χ1) is 13.5. The monoisotopic (exact) mass is 376 g/mol. The van der Waals surface area contributed by atoms with Crippen molar-refractivity contribution in [1.82, 2.24) is 9.55 Å². The Morgan fingerprint density at radius 1 is 1.04 bits per heavy atom. The maximum Gasteiger partial charge on any atom is 0.244 e. The second-order valence-electron chi connectivity index (χ2n) is 7.59. The van der Waals surface area contributed by atoms with Gasteiger partial charge in [0.2, 0.25) is 11.8 Å². The van der Waals surface area contributed by atoms with Crippen molar-refractivity contribution in [2.24, 2.45) is 5.92 Å². The summed E-state index contributed by atoms with van der Waals surface area (Å²) in [5.41, 5.74) is 3.34. The van der Waals surface area contributed by atoms with Crippen molar-refractivity contribution in [3.63, 3.8) is 0 Å². The minimum absolute atomic E-state index is 0.0311. The molecule has 1 fully saturated rings. The van der Waals surface area contributed by atoms with Gasteiger partial charge in [-0.2, -0.15) is 0 Å². The van der Waals surface area contributed by atoms with Gasteiger partial charge in [0.1, 0.15) is 12.4 Å². The van der Waals surface area contributed by atoms with Crippen LogP contribution in [0.25, 0.3) is 11.0 Å². The lowest BCUT2D eigenvalue weighted by Crippen LogP contribution is -2.20. The van der Waals surface area contributed by atoms with Crippen molar-refractivity contribution >= 4 is 34.2 Å². The molecule has 0 atom stereocenters. The molecule has 0 bridgehead atoms. The lowest BCUT2D eigenvalue weighted by atomic mass is 10.2.